The lowest BCUT2D eigenvalue weighted by Crippen LogP contribution is -2.39. The fraction of sp³-hybridized carbons (Fsp3) is 0.727. The highest BCUT2D eigenvalue weighted by molar-refractivity contribution is 6.44. The molecule has 2 aliphatic rings. The average molecular weight is 246 g/mol. The summed E-state index contributed by atoms with van der Waals surface area (Å²) < 4.78 is 11.2. The number of likely N-dealkylation sites (N-methyl/N-ethyl adjacent to an activating group) is 1. The molecule has 5 heteroatoms. The van der Waals surface area contributed by atoms with E-state index in [9.17, 15) is 4.79 Å². The molecule has 0 radical (unpaired) electrons. The van der Waals surface area contributed by atoms with Crippen LogP contribution in [0, 0.1) is 0 Å². The minimum atomic E-state index is -0.903. The molecule has 0 aromatic carbocycles. The zero-order valence-electron chi connectivity index (χ0n) is 9.59. The van der Waals surface area contributed by atoms with Crippen molar-refractivity contribution in [2.24, 2.45) is 0 Å². The molecule has 0 aromatic heterocycles. The summed E-state index contributed by atoms with van der Waals surface area (Å²) in [5.41, 5.74) is 0.710. The van der Waals surface area contributed by atoms with E-state index in [0.717, 1.165) is 13.1 Å². The topological polar surface area (TPSA) is 38.8 Å². The number of carbonyl (C=O) groups excluding carboxylic acids is 1. The SMILES string of the molecule is CCN(CC)C1=C(Cl)C(=O)CC12OCCO2. The van der Waals surface area contributed by atoms with Crippen molar-refractivity contribution in [3.8, 4) is 0 Å². The van der Waals surface area contributed by atoms with Crippen molar-refractivity contribution in [3.63, 3.8) is 0 Å². The Balaban J connectivity index is 2.38. The first kappa shape index (κ1) is 11.9. The van der Waals surface area contributed by atoms with Gasteiger partial charge < -0.3 is 14.4 Å². The maximum absolute atomic E-state index is 11.7. The van der Waals surface area contributed by atoms with Crippen LogP contribution >= 0.6 is 11.6 Å². The Morgan fingerprint density at radius 2 is 1.88 bits per heavy atom. The van der Waals surface area contributed by atoms with Crippen molar-refractivity contribution in [2.45, 2.75) is 26.1 Å². The van der Waals surface area contributed by atoms with Gasteiger partial charge in [0.15, 0.2) is 5.78 Å². The van der Waals surface area contributed by atoms with Crippen LogP contribution in [0.2, 0.25) is 0 Å². The van der Waals surface area contributed by atoms with E-state index >= 15 is 0 Å². The summed E-state index contributed by atoms with van der Waals surface area (Å²) in [6.07, 6.45) is 0.206. The molecule has 0 aromatic rings. The standard InChI is InChI=1S/C11H16ClNO3/c1-3-13(4-2)10-9(12)8(14)7-11(10)15-5-6-16-11/h3-7H2,1-2H3. The summed E-state index contributed by atoms with van der Waals surface area (Å²) in [6.45, 7) is 6.64. The lowest BCUT2D eigenvalue weighted by molar-refractivity contribution is -0.147. The molecule has 2 rings (SSSR count). The van der Waals surface area contributed by atoms with E-state index in [1.807, 2.05) is 18.7 Å². The van der Waals surface area contributed by atoms with E-state index in [-0.39, 0.29) is 17.2 Å². The van der Waals surface area contributed by atoms with Crippen LogP contribution in [0.25, 0.3) is 0 Å². The lowest BCUT2D eigenvalue weighted by atomic mass is 10.2. The summed E-state index contributed by atoms with van der Waals surface area (Å²) >= 11 is 6.08. The van der Waals surface area contributed by atoms with Crippen LogP contribution in [0.3, 0.4) is 0 Å². The number of halogens is 1. The monoisotopic (exact) mass is 245 g/mol. The second-order valence-corrected chi connectivity index (χ2v) is 4.26. The van der Waals surface area contributed by atoms with E-state index in [2.05, 4.69) is 0 Å². The minimum absolute atomic E-state index is 0.0922. The molecular weight excluding hydrogens is 230 g/mol. The Labute approximate surface area is 100 Å². The van der Waals surface area contributed by atoms with Gasteiger partial charge in [0.2, 0.25) is 5.79 Å². The molecule has 1 aliphatic carbocycles. The van der Waals surface area contributed by atoms with Crippen LogP contribution in [0.5, 0.6) is 0 Å². The van der Waals surface area contributed by atoms with Crippen LogP contribution in [0.15, 0.2) is 10.7 Å². The molecule has 16 heavy (non-hydrogen) atoms. The van der Waals surface area contributed by atoms with Crippen molar-refractivity contribution < 1.29 is 14.3 Å². The smallest absolute Gasteiger partial charge is 0.219 e. The number of hydrogen-bond acceptors (Lipinski definition) is 4. The normalized spacial score (nSPS) is 23.6. The number of allylic oxidation sites excluding steroid dienone is 1. The summed E-state index contributed by atoms with van der Waals surface area (Å²) in [7, 11) is 0. The molecule has 1 fully saturated rings. The van der Waals surface area contributed by atoms with E-state index in [1.165, 1.54) is 0 Å². The molecule has 0 saturated carbocycles. The van der Waals surface area contributed by atoms with Crippen molar-refractivity contribution >= 4 is 17.4 Å². The van der Waals surface area contributed by atoms with Crippen molar-refractivity contribution in [1.29, 1.82) is 0 Å². The second-order valence-electron chi connectivity index (χ2n) is 3.88. The van der Waals surface area contributed by atoms with E-state index < -0.39 is 5.79 Å². The highest BCUT2D eigenvalue weighted by Crippen LogP contribution is 2.43. The lowest BCUT2D eigenvalue weighted by Gasteiger charge is -2.32. The van der Waals surface area contributed by atoms with Crippen molar-refractivity contribution in [3.05, 3.63) is 10.7 Å². The predicted octanol–water partition coefficient (Wildman–Crippen LogP) is 1.49. The number of hydrogen-bond donors (Lipinski definition) is 0. The number of ketones is 1. The fourth-order valence-electron chi connectivity index (χ4n) is 2.29. The van der Waals surface area contributed by atoms with Gasteiger partial charge in [0, 0.05) is 13.1 Å². The zero-order chi connectivity index (χ0) is 11.8. The molecule has 90 valence electrons. The number of Topliss-reactive ketones (excluding diaryl/α,β-unsaturated/α-hetero) is 1. The molecule has 0 amide bonds. The van der Waals surface area contributed by atoms with Crippen LogP contribution in [-0.2, 0) is 14.3 Å². The van der Waals surface area contributed by atoms with Gasteiger partial charge in [-0.1, -0.05) is 11.6 Å². The average Bonchev–Trinajstić information content (AvgIpc) is 2.81. The molecule has 0 unspecified atom stereocenters. The van der Waals surface area contributed by atoms with E-state index in [4.69, 9.17) is 21.1 Å². The molecule has 1 aliphatic heterocycles. The molecule has 0 bridgehead atoms. The van der Waals surface area contributed by atoms with Crippen molar-refractivity contribution in [1.82, 2.24) is 4.90 Å². The molecule has 1 spiro atoms. The third-order valence-electron chi connectivity index (χ3n) is 3.04. The van der Waals surface area contributed by atoms with Gasteiger partial charge in [-0.2, -0.15) is 0 Å². The Bertz CT molecular complexity index is 330. The second kappa shape index (κ2) is 4.35. The first-order chi connectivity index (χ1) is 7.64. The van der Waals surface area contributed by atoms with Gasteiger partial charge in [-0.25, -0.2) is 0 Å². The zero-order valence-corrected chi connectivity index (χ0v) is 10.3. The highest BCUT2D eigenvalue weighted by atomic mass is 35.5. The van der Waals surface area contributed by atoms with Gasteiger partial charge in [-0.05, 0) is 13.8 Å². The largest absolute Gasteiger partial charge is 0.370 e. The van der Waals surface area contributed by atoms with E-state index in [0.29, 0.717) is 18.9 Å². The van der Waals surface area contributed by atoms with Gasteiger partial charge in [-0.15, -0.1) is 0 Å². The van der Waals surface area contributed by atoms with Crippen LogP contribution in [-0.4, -0.2) is 42.8 Å². The third kappa shape index (κ3) is 1.65. The van der Waals surface area contributed by atoms with E-state index in [1.54, 1.807) is 0 Å². The van der Waals surface area contributed by atoms with Crippen LogP contribution < -0.4 is 0 Å². The maximum atomic E-state index is 11.7. The minimum Gasteiger partial charge on any atom is -0.370 e. The number of carbonyl (C=O) groups is 1. The molecule has 1 saturated heterocycles. The molecule has 4 nitrogen and oxygen atoms in total. The third-order valence-corrected chi connectivity index (χ3v) is 3.43. The summed E-state index contributed by atoms with van der Waals surface area (Å²) in [5, 5.41) is 0.269. The first-order valence-corrected chi connectivity index (χ1v) is 5.98. The van der Waals surface area contributed by atoms with Gasteiger partial charge in [-0.3, -0.25) is 4.79 Å². The highest BCUT2D eigenvalue weighted by Gasteiger charge is 2.51. The van der Waals surface area contributed by atoms with Gasteiger partial charge >= 0.3 is 0 Å². The fourth-order valence-corrected chi connectivity index (χ4v) is 2.62. The summed E-state index contributed by atoms with van der Waals surface area (Å²) in [4.78, 5) is 13.7. The molecular formula is C11H16ClNO3. The Morgan fingerprint density at radius 3 is 2.38 bits per heavy atom. The number of rotatable bonds is 3. The Hall–Kier alpha value is -0.580. The quantitative estimate of drug-likeness (QED) is 0.755. The van der Waals surface area contributed by atoms with Gasteiger partial charge in [0.25, 0.3) is 0 Å². The van der Waals surface area contributed by atoms with Crippen LogP contribution in [0.1, 0.15) is 20.3 Å². The predicted molar refractivity (Wildman–Crippen MR) is 60.1 cm³/mol. The Morgan fingerprint density at radius 1 is 1.31 bits per heavy atom. The first-order valence-electron chi connectivity index (χ1n) is 5.61. The summed E-state index contributed by atoms with van der Waals surface area (Å²) in [6, 6.07) is 0. The van der Waals surface area contributed by atoms with Gasteiger partial charge in [0.05, 0.1) is 25.3 Å². The number of ether oxygens (including phenoxy) is 2. The van der Waals surface area contributed by atoms with Crippen molar-refractivity contribution in [2.75, 3.05) is 26.3 Å². The molecule has 0 atom stereocenters. The number of nitrogens with zero attached hydrogens (tertiary/aromatic N) is 1. The molecule has 0 N–H and O–H groups in total. The summed E-state index contributed by atoms with van der Waals surface area (Å²) in [5.74, 6) is -0.995. The van der Waals surface area contributed by atoms with Gasteiger partial charge in [0.1, 0.15) is 5.03 Å². The molecule has 1 heterocycles. The Kier molecular flexibility index (Phi) is 3.24. The maximum Gasteiger partial charge on any atom is 0.219 e. The van der Waals surface area contributed by atoms with Crippen LogP contribution in [0.4, 0.5) is 0 Å².